The number of rotatable bonds is 8. The quantitative estimate of drug-likeness (QED) is 0.459. The maximum Gasteiger partial charge on any atom is 0.341 e. The molecule has 31 heavy (non-hydrogen) atoms. The van der Waals surface area contributed by atoms with Crippen molar-refractivity contribution in [3.63, 3.8) is 0 Å². The third-order valence-corrected chi connectivity index (χ3v) is 5.04. The predicted octanol–water partition coefficient (Wildman–Crippen LogP) is 4.12. The minimum atomic E-state index is -1.14. The van der Waals surface area contributed by atoms with E-state index in [2.05, 4.69) is 26.0 Å². The van der Waals surface area contributed by atoms with E-state index in [0.717, 1.165) is 10.9 Å². The van der Waals surface area contributed by atoms with E-state index in [-0.39, 0.29) is 22.1 Å². The first kappa shape index (κ1) is 22.8. The van der Waals surface area contributed by atoms with Gasteiger partial charge in [-0.3, -0.25) is 4.79 Å². The molecule has 10 heteroatoms. The first-order valence-corrected chi connectivity index (χ1v) is 10.5. The SMILES string of the molecule is CCCc1nc2ccc(Br)cc2c(=O)n1N=Cc1cc(Cl)c(OCC(=O)O)c(OC)c1. The maximum atomic E-state index is 13.1. The van der Waals surface area contributed by atoms with E-state index in [1.54, 1.807) is 24.3 Å². The van der Waals surface area contributed by atoms with Crippen LogP contribution in [0, 0.1) is 0 Å². The van der Waals surface area contributed by atoms with Crippen molar-refractivity contribution in [3.05, 3.63) is 61.6 Å². The fourth-order valence-electron chi connectivity index (χ4n) is 2.91. The van der Waals surface area contributed by atoms with Crippen LogP contribution in [0.15, 0.2) is 44.7 Å². The highest BCUT2D eigenvalue weighted by atomic mass is 79.9. The van der Waals surface area contributed by atoms with Gasteiger partial charge in [-0.05, 0) is 42.3 Å². The number of ether oxygens (including phenoxy) is 2. The number of methoxy groups -OCH3 is 1. The van der Waals surface area contributed by atoms with Crippen LogP contribution in [0.1, 0.15) is 24.7 Å². The molecule has 0 aliphatic carbocycles. The molecule has 1 heterocycles. The Kier molecular flexibility index (Phi) is 7.29. The number of halogens is 2. The summed E-state index contributed by atoms with van der Waals surface area (Å²) in [4.78, 5) is 28.4. The molecule has 0 unspecified atom stereocenters. The van der Waals surface area contributed by atoms with E-state index in [4.69, 9.17) is 26.2 Å². The lowest BCUT2D eigenvalue weighted by molar-refractivity contribution is -0.139. The van der Waals surface area contributed by atoms with E-state index in [9.17, 15) is 9.59 Å². The summed E-state index contributed by atoms with van der Waals surface area (Å²) in [6.07, 6.45) is 2.82. The lowest BCUT2D eigenvalue weighted by atomic mass is 10.2. The van der Waals surface area contributed by atoms with Crippen LogP contribution in [-0.2, 0) is 11.2 Å². The predicted molar refractivity (Wildman–Crippen MR) is 122 cm³/mol. The van der Waals surface area contributed by atoms with Gasteiger partial charge in [-0.15, -0.1) is 0 Å². The summed E-state index contributed by atoms with van der Waals surface area (Å²) < 4.78 is 12.5. The summed E-state index contributed by atoms with van der Waals surface area (Å²) in [6, 6.07) is 8.46. The van der Waals surface area contributed by atoms with Gasteiger partial charge >= 0.3 is 5.97 Å². The summed E-state index contributed by atoms with van der Waals surface area (Å²) in [5, 5.41) is 13.8. The molecular weight excluding hydrogens is 490 g/mol. The van der Waals surface area contributed by atoms with Crippen LogP contribution < -0.4 is 15.0 Å². The monoisotopic (exact) mass is 507 g/mol. The second kappa shape index (κ2) is 9.93. The van der Waals surface area contributed by atoms with Crippen LogP contribution in [0.5, 0.6) is 11.5 Å². The summed E-state index contributed by atoms with van der Waals surface area (Å²) in [5.41, 5.74) is 0.853. The fraction of sp³-hybridized carbons (Fsp3) is 0.238. The molecule has 0 bridgehead atoms. The van der Waals surface area contributed by atoms with Crippen molar-refractivity contribution < 1.29 is 19.4 Å². The number of carboxylic acids is 1. The first-order valence-electron chi connectivity index (χ1n) is 9.31. The summed E-state index contributed by atoms with van der Waals surface area (Å²) in [6.45, 7) is 1.43. The average Bonchev–Trinajstić information content (AvgIpc) is 2.73. The Morgan fingerprint density at radius 3 is 2.81 bits per heavy atom. The van der Waals surface area contributed by atoms with Crippen molar-refractivity contribution in [3.8, 4) is 11.5 Å². The minimum absolute atomic E-state index is 0.116. The number of fused-ring (bicyclic) bond motifs is 1. The largest absolute Gasteiger partial charge is 0.493 e. The van der Waals surface area contributed by atoms with Crippen LogP contribution in [0.2, 0.25) is 5.02 Å². The molecular formula is C21H19BrClN3O5. The Labute approximate surface area is 191 Å². The van der Waals surface area contributed by atoms with Gasteiger partial charge < -0.3 is 14.6 Å². The number of hydrogen-bond donors (Lipinski definition) is 1. The zero-order chi connectivity index (χ0) is 22.5. The van der Waals surface area contributed by atoms with Crippen LogP contribution in [0.3, 0.4) is 0 Å². The minimum Gasteiger partial charge on any atom is -0.493 e. The average molecular weight is 509 g/mol. The highest BCUT2D eigenvalue weighted by Gasteiger charge is 2.14. The molecule has 0 aliphatic rings. The molecule has 3 rings (SSSR count). The third-order valence-electron chi connectivity index (χ3n) is 4.26. The molecule has 8 nitrogen and oxygen atoms in total. The maximum absolute atomic E-state index is 13.1. The lowest BCUT2D eigenvalue weighted by Gasteiger charge is -2.12. The molecule has 0 radical (unpaired) electrons. The zero-order valence-electron chi connectivity index (χ0n) is 16.8. The van der Waals surface area contributed by atoms with E-state index in [1.165, 1.54) is 18.0 Å². The molecule has 1 aromatic heterocycles. The Hall–Kier alpha value is -2.91. The highest BCUT2D eigenvalue weighted by molar-refractivity contribution is 9.10. The van der Waals surface area contributed by atoms with Crippen molar-refractivity contribution >= 4 is 50.6 Å². The third kappa shape index (κ3) is 5.23. The number of carboxylic acid groups (broad SMARTS) is 1. The Morgan fingerprint density at radius 2 is 2.13 bits per heavy atom. The standard InChI is InChI=1S/C21H19BrClN3O5/c1-3-4-18-25-16-6-5-13(22)9-14(16)21(29)26(18)24-10-12-7-15(23)20(17(8-12)30-2)31-11-19(27)28/h5-10H,3-4,11H2,1-2H3,(H,27,28). The molecule has 162 valence electrons. The van der Waals surface area contributed by atoms with Gasteiger partial charge in [0.15, 0.2) is 18.1 Å². The zero-order valence-corrected chi connectivity index (χ0v) is 19.1. The van der Waals surface area contributed by atoms with Gasteiger partial charge in [0.1, 0.15) is 5.82 Å². The molecule has 0 fully saturated rings. The Bertz CT molecular complexity index is 1230. The molecule has 1 N–H and O–H groups in total. The molecule has 3 aromatic rings. The Morgan fingerprint density at radius 1 is 1.35 bits per heavy atom. The van der Waals surface area contributed by atoms with Crippen molar-refractivity contribution in [1.29, 1.82) is 0 Å². The fourth-order valence-corrected chi connectivity index (χ4v) is 3.55. The van der Waals surface area contributed by atoms with E-state index >= 15 is 0 Å². The van der Waals surface area contributed by atoms with Crippen molar-refractivity contribution in [2.45, 2.75) is 19.8 Å². The van der Waals surface area contributed by atoms with Crippen molar-refractivity contribution in [1.82, 2.24) is 9.66 Å². The van der Waals surface area contributed by atoms with Gasteiger partial charge in [-0.2, -0.15) is 9.78 Å². The molecule has 0 aliphatic heterocycles. The summed E-state index contributed by atoms with van der Waals surface area (Å²) >= 11 is 9.62. The number of nitrogens with zero attached hydrogens (tertiary/aromatic N) is 3. The van der Waals surface area contributed by atoms with Crippen molar-refractivity contribution in [2.24, 2.45) is 5.10 Å². The number of carbonyl (C=O) groups is 1. The van der Waals surface area contributed by atoms with Crippen molar-refractivity contribution in [2.75, 3.05) is 13.7 Å². The number of benzene rings is 2. The van der Waals surface area contributed by atoms with Crippen LogP contribution >= 0.6 is 27.5 Å². The second-order valence-corrected chi connectivity index (χ2v) is 7.84. The number of aliphatic carboxylic acids is 1. The molecule has 0 saturated carbocycles. The van der Waals surface area contributed by atoms with E-state index in [1.807, 2.05) is 13.0 Å². The van der Waals surface area contributed by atoms with Gasteiger partial charge in [0, 0.05) is 10.9 Å². The molecule has 2 aromatic carbocycles. The van der Waals surface area contributed by atoms with Gasteiger partial charge in [-0.25, -0.2) is 9.78 Å². The van der Waals surface area contributed by atoms with Gasteiger partial charge in [0.25, 0.3) is 5.56 Å². The number of hydrogen-bond acceptors (Lipinski definition) is 6. The lowest BCUT2D eigenvalue weighted by Crippen LogP contribution is -2.22. The van der Waals surface area contributed by atoms with Gasteiger partial charge in [-0.1, -0.05) is 34.5 Å². The summed E-state index contributed by atoms with van der Waals surface area (Å²) in [7, 11) is 1.41. The smallest absolute Gasteiger partial charge is 0.341 e. The Balaban J connectivity index is 2.05. The molecule has 0 atom stereocenters. The number of aryl methyl sites for hydroxylation is 1. The van der Waals surface area contributed by atoms with Crippen LogP contribution in [0.4, 0.5) is 0 Å². The molecule has 0 amide bonds. The van der Waals surface area contributed by atoms with E-state index < -0.39 is 12.6 Å². The van der Waals surface area contributed by atoms with Crippen LogP contribution in [-0.4, -0.2) is 40.7 Å². The molecule has 0 saturated heterocycles. The van der Waals surface area contributed by atoms with E-state index in [0.29, 0.717) is 28.7 Å². The molecule has 0 spiro atoms. The normalized spacial score (nSPS) is 11.2. The summed E-state index contributed by atoms with van der Waals surface area (Å²) in [5.74, 6) is -0.234. The van der Waals surface area contributed by atoms with Gasteiger partial charge in [0.2, 0.25) is 0 Å². The van der Waals surface area contributed by atoms with Gasteiger partial charge in [0.05, 0.1) is 29.2 Å². The topological polar surface area (TPSA) is 103 Å². The first-order chi connectivity index (χ1) is 14.8. The highest BCUT2D eigenvalue weighted by Crippen LogP contribution is 2.36. The van der Waals surface area contributed by atoms with Crippen LogP contribution in [0.25, 0.3) is 10.9 Å². The second-order valence-electron chi connectivity index (χ2n) is 6.52. The number of aromatic nitrogens is 2.